The van der Waals surface area contributed by atoms with Crippen LogP contribution >= 0.6 is 11.6 Å². The molecule has 1 heterocycles. The first-order chi connectivity index (χ1) is 9.43. The molecular formula is C16H28ClN3. The second-order valence-electron chi connectivity index (χ2n) is 6.34. The number of unbranched alkanes of at least 4 members (excludes halogenated alkanes) is 5. The van der Waals surface area contributed by atoms with E-state index >= 15 is 0 Å². The summed E-state index contributed by atoms with van der Waals surface area (Å²) >= 11 is 6.06. The molecule has 0 aliphatic heterocycles. The first-order valence-corrected chi connectivity index (χ1v) is 8.10. The van der Waals surface area contributed by atoms with Crippen molar-refractivity contribution in [2.75, 3.05) is 11.9 Å². The highest BCUT2D eigenvalue weighted by Crippen LogP contribution is 2.22. The molecule has 0 atom stereocenters. The summed E-state index contributed by atoms with van der Waals surface area (Å²) in [7, 11) is 0. The molecule has 0 spiro atoms. The largest absolute Gasteiger partial charge is 0.370 e. The highest BCUT2D eigenvalue weighted by atomic mass is 35.5. The molecule has 0 aliphatic rings. The van der Waals surface area contributed by atoms with Crippen molar-refractivity contribution in [2.45, 2.75) is 71.6 Å². The van der Waals surface area contributed by atoms with Gasteiger partial charge in [0.05, 0.1) is 0 Å². The maximum absolute atomic E-state index is 6.06. The predicted molar refractivity (Wildman–Crippen MR) is 87.6 cm³/mol. The van der Waals surface area contributed by atoms with Gasteiger partial charge in [0, 0.05) is 18.0 Å². The summed E-state index contributed by atoms with van der Waals surface area (Å²) in [5.41, 5.74) is -0.0819. The molecule has 0 saturated heterocycles. The molecule has 0 amide bonds. The minimum Gasteiger partial charge on any atom is -0.370 e. The van der Waals surface area contributed by atoms with Crippen LogP contribution in [0.5, 0.6) is 0 Å². The van der Waals surface area contributed by atoms with Gasteiger partial charge in [0.2, 0.25) is 0 Å². The molecule has 0 aromatic carbocycles. The Morgan fingerprint density at radius 1 is 1.05 bits per heavy atom. The van der Waals surface area contributed by atoms with Crippen molar-refractivity contribution in [2.24, 2.45) is 0 Å². The van der Waals surface area contributed by atoms with Crippen molar-refractivity contribution in [3.63, 3.8) is 0 Å². The van der Waals surface area contributed by atoms with E-state index < -0.39 is 0 Å². The summed E-state index contributed by atoms with van der Waals surface area (Å²) in [6.07, 6.45) is 7.78. The van der Waals surface area contributed by atoms with Gasteiger partial charge in [0.25, 0.3) is 0 Å². The molecule has 1 aromatic rings. The number of hydrogen-bond acceptors (Lipinski definition) is 3. The Morgan fingerprint density at radius 2 is 1.70 bits per heavy atom. The Balaban J connectivity index is 2.39. The summed E-state index contributed by atoms with van der Waals surface area (Å²) in [6, 6.07) is 1.80. The van der Waals surface area contributed by atoms with Crippen molar-refractivity contribution < 1.29 is 0 Å². The van der Waals surface area contributed by atoms with Crippen LogP contribution in [0.4, 0.5) is 5.82 Å². The van der Waals surface area contributed by atoms with Gasteiger partial charge in [-0.25, -0.2) is 9.97 Å². The molecule has 0 fully saturated rings. The Morgan fingerprint density at radius 3 is 2.35 bits per heavy atom. The lowest BCUT2D eigenvalue weighted by Crippen LogP contribution is -2.17. The van der Waals surface area contributed by atoms with Gasteiger partial charge in [-0.2, -0.15) is 0 Å². The topological polar surface area (TPSA) is 37.8 Å². The van der Waals surface area contributed by atoms with Gasteiger partial charge in [0.15, 0.2) is 0 Å². The van der Waals surface area contributed by atoms with Crippen LogP contribution in [0.1, 0.15) is 72.0 Å². The molecule has 1 N–H and O–H groups in total. The third-order valence-electron chi connectivity index (χ3n) is 3.20. The van der Waals surface area contributed by atoms with Crippen LogP contribution in [0.25, 0.3) is 0 Å². The van der Waals surface area contributed by atoms with E-state index in [-0.39, 0.29) is 5.41 Å². The van der Waals surface area contributed by atoms with Crippen LogP contribution in [0.15, 0.2) is 6.07 Å². The quantitative estimate of drug-likeness (QED) is 0.529. The Kier molecular flexibility index (Phi) is 7.28. The van der Waals surface area contributed by atoms with Crippen molar-refractivity contribution in [3.05, 3.63) is 17.0 Å². The van der Waals surface area contributed by atoms with Crippen molar-refractivity contribution in [1.82, 2.24) is 9.97 Å². The summed E-state index contributed by atoms with van der Waals surface area (Å²) in [6.45, 7) is 9.47. The van der Waals surface area contributed by atoms with E-state index in [1.54, 1.807) is 6.07 Å². The van der Waals surface area contributed by atoms with Gasteiger partial charge in [-0.1, -0.05) is 71.4 Å². The fourth-order valence-corrected chi connectivity index (χ4v) is 2.15. The maximum Gasteiger partial charge on any atom is 0.137 e. The number of aromatic nitrogens is 2. The van der Waals surface area contributed by atoms with Crippen LogP contribution in [0, 0.1) is 0 Å². The second kappa shape index (κ2) is 8.46. The molecule has 0 radical (unpaired) electrons. The van der Waals surface area contributed by atoms with E-state index in [2.05, 4.69) is 43.0 Å². The first kappa shape index (κ1) is 17.2. The average molecular weight is 298 g/mol. The smallest absolute Gasteiger partial charge is 0.137 e. The zero-order chi connectivity index (χ0) is 15.0. The predicted octanol–water partition coefficient (Wildman–Crippen LogP) is 5.20. The summed E-state index contributed by atoms with van der Waals surface area (Å²) < 4.78 is 0. The van der Waals surface area contributed by atoms with E-state index in [9.17, 15) is 0 Å². The molecule has 1 aromatic heterocycles. The number of anilines is 1. The van der Waals surface area contributed by atoms with Crippen LogP contribution in [0.3, 0.4) is 0 Å². The summed E-state index contributed by atoms with van der Waals surface area (Å²) in [4.78, 5) is 8.84. The Labute approximate surface area is 128 Å². The molecular weight excluding hydrogens is 270 g/mol. The second-order valence-corrected chi connectivity index (χ2v) is 6.73. The molecule has 0 bridgehead atoms. The number of halogens is 1. The zero-order valence-electron chi connectivity index (χ0n) is 13.3. The fourth-order valence-electron chi connectivity index (χ4n) is 1.97. The van der Waals surface area contributed by atoms with Gasteiger partial charge in [0.1, 0.15) is 16.8 Å². The first-order valence-electron chi connectivity index (χ1n) is 7.72. The van der Waals surface area contributed by atoms with E-state index in [0.29, 0.717) is 5.15 Å². The minimum absolute atomic E-state index is 0.0819. The number of hydrogen-bond donors (Lipinski definition) is 1. The van der Waals surface area contributed by atoms with Gasteiger partial charge < -0.3 is 5.32 Å². The zero-order valence-corrected chi connectivity index (χ0v) is 14.1. The van der Waals surface area contributed by atoms with Crippen molar-refractivity contribution in [3.8, 4) is 0 Å². The standard InChI is InChI=1S/C16H28ClN3/c1-5-6-7-8-9-10-11-18-14-12-13(17)19-15(20-14)16(2,3)4/h12H,5-11H2,1-4H3,(H,18,19,20). The minimum atomic E-state index is -0.0819. The van der Waals surface area contributed by atoms with E-state index in [1.807, 2.05) is 0 Å². The number of nitrogens with zero attached hydrogens (tertiary/aromatic N) is 2. The molecule has 0 unspecified atom stereocenters. The van der Waals surface area contributed by atoms with E-state index in [0.717, 1.165) is 18.2 Å². The van der Waals surface area contributed by atoms with Crippen molar-refractivity contribution >= 4 is 17.4 Å². The third-order valence-corrected chi connectivity index (χ3v) is 3.40. The van der Waals surface area contributed by atoms with Crippen LogP contribution < -0.4 is 5.32 Å². The Hall–Kier alpha value is -0.830. The summed E-state index contributed by atoms with van der Waals surface area (Å²) in [5, 5.41) is 3.86. The lowest BCUT2D eigenvalue weighted by Gasteiger charge is -2.17. The SMILES string of the molecule is CCCCCCCCNc1cc(Cl)nc(C(C)(C)C)n1. The maximum atomic E-state index is 6.06. The molecule has 4 heteroatoms. The molecule has 0 saturated carbocycles. The molecule has 0 aliphatic carbocycles. The third kappa shape index (κ3) is 6.56. The molecule has 114 valence electrons. The lowest BCUT2D eigenvalue weighted by molar-refractivity contribution is 0.545. The molecule has 20 heavy (non-hydrogen) atoms. The van der Waals surface area contributed by atoms with Gasteiger partial charge in [-0.3, -0.25) is 0 Å². The van der Waals surface area contributed by atoms with E-state index in [4.69, 9.17) is 11.6 Å². The van der Waals surface area contributed by atoms with Crippen LogP contribution in [-0.2, 0) is 5.41 Å². The average Bonchev–Trinajstić information content (AvgIpc) is 2.36. The summed E-state index contributed by atoms with van der Waals surface area (Å²) in [5.74, 6) is 1.62. The lowest BCUT2D eigenvalue weighted by atomic mass is 9.96. The van der Waals surface area contributed by atoms with Crippen LogP contribution in [-0.4, -0.2) is 16.5 Å². The van der Waals surface area contributed by atoms with Crippen LogP contribution in [0.2, 0.25) is 5.15 Å². The van der Waals surface area contributed by atoms with E-state index in [1.165, 1.54) is 38.5 Å². The van der Waals surface area contributed by atoms with Gasteiger partial charge >= 0.3 is 0 Å². The highest BCUT2D eigenvalue weighted by molar-refractivity contribution is 6.29. The highest BCUT2D eigenvalue weighted by Gasteiger charge is 2.18. The monoisotopic (exact) mass is 297 g/mol. The number of rotatable bonds is 8. The fraction of sp³-hybridized carbons (Fsp3) is 0.750. The van der Waals surface area contributed by atoms with Gasteiger partial charge in [-0.05, 0) is 6.42 Å². The Bertz CT molecular complexity index is 399. The van der Waals surface area contributed by atoms with Gasteiger partial charge in [-0.15, -0.1) is 0 Å². The molecule has 3 nitrogen and oxygen atoms in total. The molecule has 1 rings (SSSR count). The van der Waals surface area contributed by atoms with Crippen molar-refractivity contribution in [1.29, 1.82) is 0 Å². The number of nitrogens with one attached hydrogen (secondary N) is 1. The normalized spacial score (nSPS) is 11.7.